The number of carbonyl (C=O) groups excluding carboxylic acids is 2. The van der Waals surface area contributed by atoms with Crippen molar-refractivity contribution >= 4 is 11.9 Å². The van der Waals surface area contributed by atoms with Crippen LogP contribution in [0.2, 0.25) is 0 Å². The molecule has 3 amide bonds. The average Bonchev–Trinajstić information content (AvgIpc) is 2.84. The minimum atomic E-state index is -0.187. The van der Waals surface area contributed by atoms with Gasteiger partial charge in [0.15, 0.2) is 0 Å². The fourth-order valence-electron chi connectivity index (χ4n) is 3.10. The molecule has 0 bridgehead atoms. The first-order valence-corrected chi connectivity index (χ1v) is 9.65. The highest BCUT2D eigenvalue weighted by Crippen LogP contribution is 2.17. The van der Waals surface area contributed by atoms with Crippen LogP contribution < -0.4 is 15.4 Å². The van der Waals surface area contributed by atoms with Gasteiger partial charge in [-0.15, -0.1) is 0 Å². The number of hydrogen-bond acceptors (Lipinski definition) is 3. The molecule has 6 heteroatoms. The molecule has 1 saturated heterocycles. The second-order valence-electron chi connectivity index (χ2n) is 6.67. The lowest BCUT2D eigenvalue weighted by atomic mass is 10.1. The third-order valence-corrected chi connectivity index (χ3v) is 4.60. The summed E-state index contributed by atoms with van der Waals surface area (Å²) in [5.74, 6) is 1.08. The summed E-state index contributed by atoms with van der Waals surface area (Å²) in [4.78, 5) is 25.9. The van der Waals surface area contributed by atoms with Crippen molar-refractivity contribution in [3.05, 3.63) is 29.8 Å². The molecule has 144 valence electrons. The molecule has 1 fully saturated rings. The van der Waals surface area contributed by atoms with Gasteiger partial charge in [0.25, 0.3) is 0 Å². The largest absolute Gasteiger partial charge is 0.494 e. The van der Waals surface area contributed by atoms with Crippen LogP contribution in [0.5, 0.6) is 5.75 Å². The van der Waals surface area contributed by atoms with Gasteiger partial charge in [0.1, 0.15) is 5.75 Å². The van der Waals surface area contributed by atoms with E-state index in [0.29, 0.717) is 26.1 Å². The fourth-order valence-corrected chi connectivity index (χ4v) is 3.10. The Morgan fingerprint density at radius 3 is 2.73 bits per heavy atom. The number of amides is 3. The highest BCUT2D eigenvalue weighted by Gasteiger charge is 2.16. The van der Waals surface area contributed by atoms with Crippen molar-refractivity contribution in [1.82, 2.24) is 15.5 Å². The van der Waals surface area contributed by atoms with Crippen molar-refractivity contribution in [2.75, 3.05) is 26.2 Å². The zero-order chi connectivity index (χ0) is 18.8. The molecule has 0 radical (unpaired) electrons. The lowest BCUT2D eigenvalue weighted by Crippen LogP contribution is -2.39. The van der Waals surface area contributed by atoms with Gasteiger partial charge >= 0.3 is 6.03 Å². The summed E-state index contributed by atoms with van der Waals surface area (Å²) in [5.41, 5.74) is 1.03. The summed E-state index contributed by atoms with van der Waals surface area (Å²) in [6.45, 7) is 6.66. The Bertz CT molecular complexity index is 574. The highest BCUT2D eigenvalue weighted by atomic mass is 16.5. The molecule has 1 unspecified atom stereocenters. The molecule has 2 rings (SSSR count). The van der Waals surface area contributed by atoms with Gasteiger partial charge < -0.3 is 20.3 Å². The predicted molar refractivity (Wildman–Crippen MR) is 102 cm³/mol. The molecule has 1 aromatic rings. The summed E-state index contributed by atoms with van der Waals surface area (Å²) in [6.07, 6.45) is 4.65. The molecule has 2 N–H and O–H groups in total. The van der Waals surface area contributed by atoms with Crippen LogP contribution in [0.1, 0.15) is 57.6 Å². The fraction of sp³-hybridized carbons (Fsp3) is 0.600. The summed E-state index contributed by atoms with van der Waals surface area (Å²) >= 11 is 0. The number of urea groups is 1. The lowest BCUT2D eigenvalue weighted by molar-refractivity contribution is -0.130. The van der Waals surface area contributed by atoms with Crippen LogP contribution >= 0.6 is 0 Å². The van der Waals surface area contributed by atoms with Crippen LogP contribution in [0.25, 0.3) is 0 Å². The van der Waals surface area contributed by atoms with Gasteiger partial charge in [0.2, 0.25) is 5.91 Å². The first kappa shape index (κ1) is 20.1. The molecule has 0 saturated carbocycles. The molecule has 1 aliphatic heterocycles. The molecule has 1 atom stereocenters. The third-order valence-electron chi connectivity index (χ3n) is 4.60. The Labute approximate surface area is 156 Å². The number of benzene rings is 1. The topological polar surface area (TPSA) is 70.7 Å². The summed E-state index contributed by atoms with van der Waals surface area (Å²) in [5, 5.41) is 5.81. The number of nitrogens with one attached hydrogen (secondary N) is 2. The van der Waals surface area contributed by atoms with E-state index in [4.69, 9.17) is 4.74 Å². The summed E-state index contributed by atoms with van der Waals surface area (Å²) in [7, 11) is 0. The first-order valence-electron chi connectivity index (χ1n) is 9.65. The van der Waals surface area contributed by atoms with E-state index < -0.39 is 0 Å². The van der Waals surface area contributed by atoms with E-state index in [2.05, 4.69) is 10.6 Å². The molecule has 0 spiro atoms. The number of hydrogen-bond donors (Lipinski definition) is 2. The maximum Gasteiger partial charge on any atom is 0.315 e. The van der Waals surface area contributed by atoms with Crippen LogP contribution in [-0.4, -0.2) is 43.1 Å². The average molecular weight is 361 g/mol. The van der Waals surface area contributed by atoms with E-state index in [1.165, 1.54) is 0 Å². The Hall–Kier alpha value is -2.24. The molecular weight excluding hydrogens is 330 g/mol. The first-order chi connectivity index (χ1) is 12.6. The van der Waals surface area contributed by atoms with E-state index in [0.717, 1.165) is 43.5 Å². The minimum absolute atomic E-state index is 0.0853. The quantitative estimate of drug-likeness (QED) is 0.698. The second-order valence-corrected chi connectivity index (χ2v) is 6.67. The van der Waals surface area contributed by atoms with Crippen molar-refractivity contribution in [2.45, 2.75) is 52.0 Å². The Kier molecular flexibility index (Phi) is 8.25. The van der Waals surface area contributed by atoms with Crippen molar-refractivity contribution < 1.29 is 14.3 Å². The van der Waals surface area contributed by atoms with Gasteiger partial charge in [-0.25, -0.2) is 4.79 Å². The van der Waals surface area contributed by atoms with Crippen LogP contribution in [0.4, 0.5) is 4.79 Å². The van der Waals surface area contributed by atoms with Gasteiger partial charge in [-0.05, 0) is 50.8 Å². The Morgan fingerprint density at radius 1 is 1.23 bits per heavy atom. The maximum absolute atomic E-state index is 12.0. The minimum Gasteiger partial charge on any atom is -0.494 e. The third kappa shape index (κ3) is 6.58. The zero-order valence-corrected chi connectivity index (χ0v) is 15.9. The predicted octanol–water partition coefficient (Wildman–Crippen LogP) is 3.24. The van der Waals surface area contributed by atoms with Gasteiger partial charge in [-0.1, -0.05) is 18.6 Å². The smallest absolute Gasteiger partial charge is 0.315 e. The molecule has 1 aromatic carbocycles. The van der Waals surface area contributed by atoms with Crippen molar-refractivity contribution in [3.8, 4) is 5.75 Å². The normalized spacial score (nSPS) is 15.9. The van der Waals surface area contributed by atoms with E-state index in [1.807, 2.05) is 43.0 Å². The summed E-state index contributed by atoms with van der Waals surface area (Å²) in [6, 6.07) is 7.47. The van der Waals surface area contributed by atoms with Crippen LogP contribution in [0, 0.1) is 0 Å². The van der Waals surface area contributed by atoms with Crippen molar-refractivity contribution in [1.29, 1.82) is 0 Å². The van der Waals surface area contributed by atoms with Crippen LogP contribution in [0.3, 0.4) is 0 Å². The van der Waals surface area contributed by atoms with Crippen molar-refractivity contribution in [3.63, 3.8) is 0 Å². The maximum atomic E-state index is 12.0. The van der Waals surface area contributed by atoms with Gasteiger partial charge in [0, 0.05) is 26.1 Å². The SMILES string of the molecule is CCOc1ccc(C(C)NC(=O)NCCCN2CCCCCC2=O)cc1. The second kappa shape index (κ2) is 10.7. The molecule has 0 aromatic heterocycles. The van der Waals surface area contributed by atoms with Gasteiger partial charge in [-0.3, -0.25) is 4.79 Å². The summed E-state index contributed by atoms with van der Waals surface area (Å²) < 4.78 is 5.42. The number of carbonyl (C=O) groups is 2. The standard InChI is InChI=1S/C20H31N3O3/c1-3-26-18-11-9-17(10-12-18)16(2)22-20(25)21-13-7-15-23-14-6-4-5-8-19(23)24/h9-12,16H,3-8,13-15H2,1-2H3,(H2,21,22,25). The van der Waals surface area contributed by atoms with E-state index in [1.54, 1.807) is 0 Å². The molecule has 6 nitrogen and oxygen atoms in total. The number of rotatable bonds is 8. The molecule has 26 heavy (non-hydrogen) atoms. The van der Waals surface area contributed by atoms with Crippen LogP contribution in [0.15, 0.2) is 24.3 Å². The Morgan fingerprint density at radius 2 is 2.00 bits per heavy atom. The monoisotopic (exact) mass is 361 g/mol. The number of nitrogens with zero attached hydrogens (tertiary/aromatic N) is 1. The van der Waals surface area contributed by atoms with E-state index >= 15 is 0 Å². The highest BCUT2D eigenvalue weighted by molar-refractivity contribution is 5.76. The van der Waals surface area contributed by atoms with Gasteiger partial charge in [0.05, 0.1) is 12.6 Å². The number of likely N-dealkylation sites (tertiary alicyclic amines) is 1. The molecule has 1 aliphatic rings. The molecule has 0 aliphatic carbocycles. The number of ether oxygens (including phenoxy) is 1. The van der Waals surface area contributed by atoms with Gasteiger partial charge in [-0.2, -0.15) is 0 Å². The van der Waals surface area contributed by atoms with E-state index in [-0.39, 0.29) is 18.0 Å². The molecular formula is C20H31N3O3. The lowest BCUT2D eigenvalue weighted by Gasteiger charge is -2.20. The molecule has 1 heterocycles. The van der Waals surface area contributed by atoms with Crippen LogP contribution in [-0.2, 0) is 4.79 Å². The van der Waals surface area contributed by atoms with E-state index in [9.17, 15) is 9.59 Å². The Balaban J connectivity index is 1.66. The zero-order valence-electron chi connectivity index (χ0n) is 15.9. The van der Waals surface area contributed by atoms with Crippen molar-refractivity contribution in [2.24, 2.45) is 0 Å².